The number of hydrogen-bond donors (Lipinski definition) is 2. The van der Waals surface area contributed by atoms with E-state index in [1.165, 1.54) is 15.9 Å². The van der Waals surface area contributed by atoms with Crippen molar-refractivity contribution in [1.82, 2.24) is 24.4 Å². The van der Waals surface area contributed by atoms with Crippen molar-refractivity contribution in [3.8, 4) is 5.88 Å². The normalized spacial score (nSPS) is 17.2. The molecule has 0 radical (unpaired) electrons. The number of piperazine rings is 1. The fourth-order valence-corrected chi connectivity index (χ4v) is 5.16. The molecule has 10 heteroatoms. The van der Waals surface area contributed by atoms with Crippen LogP contribution in [0.4, 0.5) is 0 Å². The Morgan fingerprint density at radius 3 is 2.55 bits per heavy atom. The van der Waals surface area contributed by atoms with Crippen LogP contribution in [0, 0.1) is 0 Å². The predicted octanol–water partition coefficient (Wildman–Crippen LogP) is 3.06. The number of hydrogen-bond acceptors (Lipinski definition) is 7. The zero-order valence-electron chi connectivity index (χ0n) is 16.1. The number of aromatic hydroxyl groups is 1. The third-order valence-electron chi connectivity index (χ3n) is 5.26. The molecular weight excluding hydrogens is 433 g/mol. The molecule has 3 aromatic rings. The van der Waals surface area contributed by atoms with E-state index in [1.807, 2.05) is 19.1 Å². The molecule has 0 bridgehead atoms. The van der Waals surface area contributed by atoms with Crippen LogP contribution in [0.1, 0.15) is 29.2 Å². The van der Waals surface area contributed by atoms with Gasteiger partial charge in [0.2, 0.25) is 10.8 Å². The van der Waals surface area contributed by atoms with E-state index in [-0.39, 0.29) is 18.5 Å². The van der Waals surface area contributed by atoms with Gasteiger partial charge in [-0.05, 0) is 17.7 Å². The molecule has 1 atom stereocenters. The summed E-state index contributed by atoms with van der Waals surface area (Å²) in [5, 5.41) is 25.6. The smallest absolute Gasteiger partial charge is 0.230 e. The van der Waals surface area contributed by atoms with Gasteiger partial charge in [-0.25, -0.2) is 4.98 Å². The van der Waals surface area contributed by atoms with E-state index < -0.39 is 0 Å². The molecule has 1 aliphatic rings. The number of aliphatic hydroxyl groups is 1. The van der Waals surface area contributed by atoms with Crippen molar-refractivity contribution in [3.05, 3.63) is 44.5 Å². The van der Waals surface area contributed by atoms with Crippen molar-refractivity contribution in [2.24, 2.45) is 0 Å². The summed E-state index contributed by atoms with van der Waals surface area (Å²) in [4.78, 5) is 10.5. The van der Waals surface area contributed by atoms with E-state index in [1.54, 1.807) is 6.07 Å². The summed E-state index contributed by atoms with van der Waals surface area (Å²) in [5.74, 6) is 0.827. The Hall–Kier alpha value is -1.42. The molecule has 1 saturated heterocycles. The van der Waals surface area contributed by atoms with Gasteiger partial charge in [-0.1, -0.05) is 47.5 Å². The molecule has 0 saturated carbocycles. The van der Waals surface area contributed by atoms with Crippen molar-refractivity contribution in [2.45, 2.75) is 19.4 Å². The van der Waals surface area contributed by atoms with Crippen LogP contribution in [-0.4, -0.2) is 73.9 Å². The molecular formula is C19H23Cl2N5O2S. The van der Waals surface area contributed by atoms with Crippen LogP contribution in [0.25, 0.3) is 4.96 Å². The largest absolute Gasteiger partial charge is 0.492 e. The lowest BCUT2D eigenvalue weighted by Crippen LogP contribution is -2.48. The molecule has 7 nitrogen and oxygen atoms in total. The average molecular weight is 456 g/mol. The van der Waals surface area contributed by atoms with Gasteiger partial charge in [0.15, 0.2) is 5.82 Å². The van der Waals surface area contributed by atoms with Gasteiger partial charge in [0, 0.05) is 39.1 Å². The van der Waals surface area contributed by atoms with Gasteiger partial charge in [0.25, 0.3) is 0 Å². The highest BCUT2D eigenvalue weighted by molar-refractivity contribution is 7.17. The molecule has 156 valence electrons. The summed E-state index contributed by atoms with van der Waals surface area (Å²) >= 11 is 13.9. The van der Waals surface area contributed by atoms with E-state index in [0.29, 0.717) is 33.8 Å². The van der Waals surface area contributed by atoms with Crippen LogP contribution in [0.3, 0.4) is 0 Å². The highest BCUT2D eigenvalue weighted by Gasteiger charge is 2.32. The zero-order valence-corrected chi connectivity index (χ0v) is 18.4. The second kappa shape index (κ2) is 8.75. The molecule has 1 fully saturated rings. The number of benzene rings is 1. The van der Waals surface area contributed by atoms with Gasteiger partial charge >= 0.3 is 0 Å². The monoisotopic (exact) mass is 455 g/mol. The molecule has 4 rings (SSSR count). The van der Waals surface area contributed by atoms with Crippen molar-refractivity contribution in [2.75, 3.05) is 39.3 Å². The number of aliphatic hydroxyl groups excluding tert-OH is 1. The summed E-state index contributed by atoms with van der Waals surface area (Å²) < 4.78 is 1.52. The maximum atomic E-state index is 11.0. The first-order valence-corrected chi connectivity index (χ1v) is 11.2. The van der Waals surface area contributed by atoms with E-state index >= 15 is 0 Å². The molecule has 1 aromatic carbocycles. The first-order chi connectivity index (χ1) is 14.0. The highest BCUT2D eigenvalue weighted by atomic mass is 35.5. The van der Waals surface area contributed by atoms with E-state index in [0.717, 1.165) is 36.6 Å². The molecule has 3 heterocycles. The van der Waals surface area contributed by atoms with Crippen molar-refractivity contribution in [3.63, 3.8) is 0 Å². The number of fused-ring (bicyclic) bond motifs is 1. The minimum atomic E-state index is -0.181. The van der Waals surface area contributed by atoms with E-state index in [9.17, 15) is 10.2 Å². The molecule has 0 spiro atoms. The number of aryl methyl sites for hydroxylation is 1. The Morgan fingerprint density at radius 1 is 1.17 bits per heavy atom. The SMILES string of the molecule is CCc1nc2sc([C@@H](c3ccc(Cl)c(Cl)c3)N3CCN(CCO)CC3)c(O)n2n1. The van der Waals surface area contributed by atoms with Crippen LogP contribution in [0.15, 0.2) is 18.2 Å². The van der Waals surface area contributed by atoms with Crippen molar-refractivity contribution >= 4 is 39.5 Å². The summed E-state index contributed by atoms with van der Waals surface area (Å²) in [6.45, 7) is 6.12. The standard InChI is InChI=1S/C19H23Cl2N5O2S/c1-2-15-22-19-26(23-15)18(28)17(29-19)16(12-3-4-13(20)14(21)11-12)25-7-5-24(6-8-25)9-10-27/h3-4,11,16,27-28H,2,5-10H2,1H3/t16-/m1/s1. The van der Waals surface area contributed by atoms with Gasteiger partial charge in [-0.2, -0.15) is 4.52 Å². The van der Waals surface area contributed by atoms with Crippen molar-refractivity contribution in [1.29, 1.82) is 0 Å². The quantitative estimate of drug-likeness (QED) is 0.594. The summed E-state index contributed by atoms with van der Waals surface area (Å²) in [5.41, 5.74) is 0.963. The number of rotatable bonds is 6. The molecule has 2 N–H and O–H groups in total. The number of aromatic nitrogens is 3. The zero-order chi connectivity index (χ0) is 20.5. The van der Waals surface area contributed by atoms with Crippen LogP contribution in [0.2, 0.25) is 10.0 Å². The lowest BCUT2D eigenvalue weighted by Gasteiger charge is -2.39. The maximum absolute atomic E-state index is 11.0. The summed E-state index contributed by atoms with van der Waals surface area (Å²) in [6.07, 6.45) is 0.714. The minimum Gasteiger partial charge on any atom is -0.492 e. The second-order valence-electron chi connectivity index (χ2n) is 7.04. The molecule has 0 aliphatic carbocycles. The van der Waals surface area contributed by atoms with Crippen LogP contribution in [0.5, 0.6) is 5.88 Å². The number of β-amino-alcohol motifs (C(OH)–C–C–N with tert-alkyl or cyclic N) is 1. The lowest BCUT2D eigenvalue weighted by atomic mass is 10.0. The topological polar surface area (TPSA) is 77.1 Å². The van der Waals surface area contributed by atoms with Gasteiger partial charge in [-0.15, -0.1) is 5.10 Å². The van der Waals surface area contributed by atoms with Crippen molar-refractivity contribution < 1.29 is 10.2 Å². The number of nitrogens with zero attached hydrogens (tertiary/aromatic N) is 5. The fraction of sp³-hybridized carbons (Fsp3) is 0.474. The minimum absolute atomic E-state index is 0.117. The Labute approximate surface area is 183 Å². The lowest BCUT2D eigenvalue weighted by molar-refractivity contribution is 0.0945. The Balaban J connectivity index is 1.73. The second-order valence-corrected chi connectivity index (χ2v) is 8.87. The predicted molar refractivity (Wildman–Crippen MR) is 115 cm³/mol. The summed E-state index contributed by atoms with van der Waals surface area (Å²) in [7, 11) is 0. The molecule has 1 aliphatic heterocycles. The van der Waals surface area contributed by atoms with Gasteiger partial charge < -0.3 is 10.2 Å². The fourth-order valence-electron chi connectivity index (χ4n) is 3.72. The van der Waals surface area contributed by atoms with Gasteiger partial charge in [0.05, 0.1) is 27.6 Å². The van der Waals surface area contributed by atoms with Gasteiger partial charge in [-0.3, -0.25) is 9.80 Å². The van der Waals surface area contributed by atoms with E-state index in [4.69, 9.17) is 23.2 Å². The summed E-state index contributed by atoms with van der Waals surface area (Å²) in [6, 6.07) is 5.42. The molecule has 2 aromatic heterocycles. The Bertz CT molecular complexity index is 1000. The Morgan fingerprint density at radius 2 is 1.93 bits per heavy atom. The number of halogens is 2. The average Bonchev–Trinajstić information content (AvgIpc) is 3.26. The van der Waals surface area contributed by atoms with Crippen LogP contribution in [-0.2, 0) is 6.42 Å². The number of thiazole rings is 1. The Kier molecular flexibility index (Phi) is 6.29. The van der Waals surface area contributed by atoms with E-state index in [2.05, 4.69) is 19.9 Å². The highest BCUT2D eigenvalue weighted by Crippen LogP contribution is 2.41. The molecule has 0 unspecified atom stereocenters. The van der Waals surface area contributed by atoms with Crippen LogP contribution >= 0.6 is 34.5 Å². The third-order valence-corrected chi connectivity index (χ3v) is 7.07. The molecule has 0 amide bonds. The van der Waals surface area contributed by atoms with Gasteiger partial charge in [0.1, 0.15) is 0 Å². The third kappa shape index (κ3) is 4.10. The first kappa shape index (κ1) is 20.8. The maximum Gasteiger partial charge on any atom is 0.230 e. The molecule has 29 heavy (non-hydrogen) atoms. The van der Waals surface area contributed by atoms with Crippen LogP contribution < -0.4 is 0 Å². The first-order valence-electron chi connectivity index (χ1n) is 9.61.